The summed E-state index contributed by atoms with van der Waals surface area (Å²) >= 11 is 0. The summed E-state index contributed by atoms with van der Waals surface area (Å²) in [5.41, 5.74) is 1.65. The van der Waals surface area contributed by atoms with E-state index in [-0.39, 0.29) is 5.41 Å². The predicted octanol–water partition coefficient (Wildman–Crippen LogP) is 2.28. The highest BCUT2D eigenvalue weighted by Gasteiger charge is 2.38. The maximum Gasteiger partial charge on any atom is 0.225 e. The Kier molecular flexibility index (Phi) is 7.35. The Balaban J connectivity index is 1.25. The fraction of sp³-hybridized carbons (Fsp3) is 0.542. The first-order valence-electron chi connectivity index (χ1n) is 11.6. The molecule has 0 unspecified atom stereocenters. The van der Waals surface area contributed by atoms with Crippen LogP contribution < -0.4 is 15.5 Å². The minimum Gasteiger partial charge on any atom is -0.357 e. The lowest BCUT2D eigenvalue weighted by Crippen LogP contribution is -2.50. The monoisotopic (exact) mass is 421 g/mol. The van der Waals surface area contributed by atoms with Gasteiger partial charge in [0.1, 0.15) is 0 Å². The third-order valence-corrected chi connectivity index (χ3v) is 6.51. The van der Waals surface area contributed by atoms with Gasteiger partial charge in [-0.15, -0.1) is 0 Å². The molecule has 0 atom stereocenters. The summed E-state index contributed by atoms with van der Waals surface area (Å²) in [4.78, 5) is 18.5. The second-order valence-corrected chi connectivity index (χ2v) is 8.50. The number of guanidine groups is 1. The van der Waals surface area contributed by atoms with Crippen LogP contribution in [0.5, 0.6) is 0 Å². The van der Waals surface area contributed by atoms with Gasteiger partial charge < -0.3 is 15.5 Å². The summed E-state index contributed by atoms with van der Waals surface area (Å²) < 4.78 is 0. The standard InChI is InChI=1S/C24H35N7/c1-2-25-22(29-20-24(10-6-11-24)21-8-4-3-5-9-21)26-14-15-30-16-18-31(19-17-30)23-27-12-7-13-28-23/h3-5,7-9,12-13H,2,6,10-11,14-20H2,1H3,(H2,25,26,29). The molecule has 0 spiro atoms. The van der Waals surface area contributed by atoms with Gasteiger partial charge in [0, 0.05) is 63.6 Å². The summed E-state index contributed by atoms with van der Waals surface area (Å²) in [6.45, 7) is 9.76. The topological polar surface area (TPSA) is 68.7 Å². The van der Waals surface area contributed by atoms with Crippen molar-refractivity contribution in [2.45, 2.75) is 31.6 Å². The molecule has 2 aromatic rings. The van der Waals surface area contributed by atoms with Gasteiger partial charge in [0.25, 0.3) is 0 Å². The van der Waals surface area contributed by atoms with Crippen LogP contribution in [-0.4, -0.2) is 73.2 Å². The van der Waals surface area contributed by atoms with Crippen molar-refractivity contribution in [3.63, 3.8) is 0 Å². The zero-order valence-electron chi connectivity index (χ0n) is 18.6. The van der Waals surface area contributed by atoms with Crippen molar-refractivity contribution in [1.29, 1.82) is 0 Å². The van der Waals surface area contributed by atoms with Gasteiger partial charge in [0.15, 0.2) is 5.96 Å². The zero-order chi connectivity index (χ0) is 21.4. The molecule has 2 heterocycles. The molecule has 0 amide bonds. The van der Waals surface area contributed by atoms with Crippen molar-refractivity contribution in [3.8, 4) is 0 Å². The van der Waals surface area contributed by atoms with Gasteiger partial charge in [-0.1, -0.05) is 36.8 Å². The lowest BCUT2D eigenvalue weighted by atomic mass is 9.64. The summed E-state index contributed by atoms with van der Waals surface area (Å²) in [5, 5.41) is 6.96. The van der Waals surface area contributed by atoms with Crippen molar-refractivity contribution in [2.24, 2.45) is 4.99 Å². The molecule has 1 aromatic carbocycles. The van der Waals surface area contributed by atoms with Gasteiger partial charge in [0.2, 0.25) is 5.95 Å². The average Bonchev–Trinajstić information content (AvgIpc) is 2.80. The van der Waals surface area contributed by atoms with Crippen LogP contribution in [0.25, 0.3) is 0 Å². The van der Waals surface area contributed by atoms with Gasteiger partial charge >= 0.3 is 0 Å². The summed E-state index contributed by atoms with van der Waals surface area (Å²) in [6, 6.07) is 12.8. The number of aliphatic imine (C=N–C) groups is 1. The van der Waals surface area contributed by atoms with E-state index in [1.165, 1.54) is 24.8 Å². The Bertz CT molecular complexity index is 812. The number of hydrogen-bond donors (Lipinski definition) is 2. The molecule has 1 aliphatic carbocycles. The highest BCUT2D eigenvalue weighted by molar-refractivity contribution is 5.79. The molecule has 166 valence electrons. The van der Waals surface area contributed by atoms with Gasteiger partial charge in [-0.05, 0) is 31.4 Å². The molecule has 2 fully saturated rings. The molecule has 7 heteroatoms. The van der Waals surface area contributed by atoms with Crippen molar-refractivity contribution in [3.05, 3.63) is 54.4 Å². The van der Waals surface area contributed by atoms with Gasteiger partial charge in [-0.2, -0.15) is 0 Å². The number of piperazine rings is 1. The van der Waals surface area contributed by atoms with E-state index >= 15 is 0 Å². The van der Waals surface area contributed by atoms with Crippen LogP contribution in [0, 0.1) is 0 Å². The summed E-state index contributed by atoms with van der Waals surface area (Å²) in [5.74, 6) is 1.77. The van der Waals surface area contributed by atoms with Gasteiger partial charge in [0.05, 0.1) is 6.54 Å². The van der Waals surface area contributed by atoms with E-state index < -0.39 is 0 Å². The van der Waals surface area contributed by atoms with Crippen molar-refractivity contribution in [2.75, 3.05) is 57.3 Å². The van der Waals surface area contributed by atoms with Crippen LogP contribution in [0.3, 0.4) is 0 Å². The number of rotatable bonds is 8. The Labute approximate surface area is 186 Å². The van der Waals surface area contributed by atoms with E-state index in [9.17, 15) is 0 Å². The molecule has 4 rings (SSSR count). The lowest BCUT2D eigenvalue weighted by molar-refractivity contribution is 0.252. The Hall–Kier alpha value is -2.67. The van der Waals surface area contributed by atoms with Crippen LogP contribution in [0.4, 0.5) is 5.95 Å². The average molecular weight is 422 g/mol. The summed E-state index contributed by atoms with van der Waals surface area (Å²) in [6.07, 6.45) is 7.39. The maximum absolute atomic E-state index is 4.97. The first-order chi connectivity index (χ1) is 15.3. The van der Waals surface area contributed by atoms with E-state index in [2.05, 4.69) is 67.7 Å². The van der Waals surface area contributed by atoms with Gasteiger partial charge in [-0.25, -0.2) is 9.97 Å². The minimum absolute atomic E-state index is 0.222. The van der Waals surface area contributed by atoms with Crippen LogP contribution in [0.15, 0.2) is 53.8 Å². The third-order valence-electron chi connectivity index (χ3n) is 6.51. The van der Waals surface area contributed by atoms with Crippen molar-refractivity contribution >= 4 is 11.9 Å². The molecule has 0 radical (unpaired) electrons. The highest BCUT2D eigenvalue weighted by atomic mass is 15.3. The Morgan fingerprint density at radius 2 is 1.74 bits per heavy atom. The van der Waals surface area contributed by atoms with Crippen LogP contribution in [-0.2, 0) is 5.41 Å². The Morgan fingerprint density at radius 3 is 2.39 bits per heavy atom. The summed E-state index contributed by atoms with van der Waals surface area (Å²) in [7, 11) is 0. The SMILES string of the molecule is CCNC(=NCC1(c2ccccc2)CCC1)NCCN1CCN(c2ncccn2)CC1. The lowest BCUT2D eigenvalue weighted by Gasteiger charge is -2.41. The smallest absolute Gasteiger partial charge is 0.225 e. The maximum atomic E-state index is 4.97. The van der Waals surface area contributed by atoms with Crippen molar-refractivity contribution < 1.29 is 0 Å². The molecular weight excluding hydrogens is 386 g/mol. The third kappa shape index (κ3) is 5.53. The number of aromatic nitrogens is 2. The first-order valence-corrected chi connectivity index (χ1v) is 11.6. The number of nitrogens with one attached hydrogen (secondary N) is 2. The molecule has 1 saturated carbocycles. The fourth-order valence-corrected chi connectivity index (χ4v) is 4.46. The molecule has 7 nitrogen and oxygen atoms in total. The minimum atomic E-state index is 0.222. The molecule has 1 saturated heterocycles. The first kappa shape index (κ1) is 21.6. The fourth-order valence-electron chi connectivity index (χ4n) is 4.46. The molecule has 1 aromatic heterocycles. The van der Waals surface area contributed by atoms with Crippen LogP contribution in [0.2, 0.25) is 0 Å². The van der Waals surface area contributed by atoms with E-state index in [4.69, 9.17) is 4.99 Å². The molecule has 31 heavy (non-hydrogen) atoms. The number of benzene rings is 1. The molecule has 0 bridgehead atoms. The van der Waals surface area contributed by atoms with E-state index in [1.54, 1.807) is 0 Å². The highest BCUT2D eigenvalue weighted by Crippen LogP contribution is 2.43. The number of anilines is 1. The molecule has 2 N–H and O–H groups in total. The quantitative estimate of drug-likeness (QED) is 0.503. The Morgan fingerprint density at radius 1 is 1.00 bits per heavy atom. The second-order valence-electron chi connectivity index (χ2n) is 8.50. The van der Waals surface area contributed by atoms with E-state index in [1.807, 2.05) is 18.5 Å². The number of nitrogens with zero attached hydrogens (tertiary/aromatic N) is 5. The van der Waals surface area contributed by atoms with Gasteiger partial charge in [-0.3, -0.25) is 9.89 Å². The van der Waals surface area contributed by atoms with Crippen LogP contribution >= 0.6 is 0 Å². The van der Waals surface area contributed by atoms with E-state index in [0.29, 0.717) is 0 Å². The van der Waals surface area contributed by atoms with Crippen molar-refractivity contribution in [1.82, 2.24) is 25.5 Å². The predicted molar refractivity (Wildman–Crippen MR) is 127 cm³/mol. The normalized spacial score (nSPS) is 19.0. The second kappa shape index (κ2) is 10.6. The van der Waals surface area contributed by atoms with Crippen LogP contribution in [0.1, 0.15) is 31.7 Å². The number of hydrogen-bond acceptors (Lipinski definition) is 5. The largest absolute Gasteiger partial charge is 0.357 e. The van der Waals surface area contributed by atoms with E-state index in [0.717, 1.165) is 64.3 Å². The molecule has 2 aliphatic rings. The molecular formula is C24H35N7. The molecule has 1 aliphatic heterocycles. The zero-order valence-corrected chi connectivity index (χ0v) is 18.6.